The highest BCUT2D eigenvalue weighted by atomic mass is 35.5. The van der Waals surface area contributed by atoms with Gasteiger partial charge in [-0.3, -0.25) is 0 Å². The second-order valence-corrected chi connectivity index (χ2v) is 4.06. The predicted octanol–water partition coefficient (Wildman–Crippen LogP) is 1.68. The molecule has 5 heteroatoms. The van der Waals surface area contributed by atoms with Crippen molar-refractivity contribution in [2.75, 3.05) is 25.1 Å². The lowest BCUT2D eigenvalue weighted by Gasteiger charge is -2.21. The van der Waals surface area contributed by atoms with Gasteiger partial charge in [-0.15, -0.1) is 0 Å². The molecule has 0 aliphatic heterocycles. The summed E-state index contributed by atoms with van der Waals surface area (Å²) >= 11 is 6.03. The molecule has 15 heavy (non-hydrogen) atoms. The molecule has 4 nitrogen and oxygen atoms in total. The third-order valence-electron chi connectivity index (χ3n) is 2.19. The molecule has 0 amide bonds. The Kier molecular flexibility index (Phi) is 4.29. The van der Waals surface area contributed by atoms with Gasteiger partial charge in [0.05, 0.1) is 6.61 Å². The molecule has 0 atom stereocenters. The van der Waals surface area contributed by atoms with Gasteiger partial charge in [0.2, 0.25) is 0 Å². The number of hydrogen-bond donors (Lipinski definition) is 1. The van der Waals surface area contributed by atoms with Crippen molar-refractivity contribution in [3.05, 3.63) is 17.0 Å². The summed E-state index contributed by atoms with van der Waals surface area (Å²) in [6.45, 7) is 4.71. The fourth-order valence-corrected chi connectivity index (χ4v) is 1.77. The third kappa shape index (κ3) is 2.79. The standard InChI is InChI=1S/C10H16ClN3O/c1-7(2)8-9(11)12-6-13-10(8)14(3)4-5-15/h6-7,15H,4-5H2,1-3H3. The second kappa shape index (κ2) is 5.28. The molecule has 1 aromatic heterocycles. The summed E-state index contributed by atoms with van der Waals surface area (Å²) in [6, 6.07) is 0. The molecule has 1 rings (SSSR count). The molecule has 0 spiro atoms. The molecule has 1 aromatic rings. The number of nitrogens with zero attached hydrogens (tertiary/aromatic N) is 3. The van der Waals surface area contributed by atoms with Gasteiger partial charge in [0.25, 0.3) is 0 Å². The van der Waals surface area contributed by atoms with Crippen LogP contribution in [0.5, 0.6) is 0 Å². The Labute approximate surface area is 94.9 Å². The highest BCUT2D eigenvalue weighted by Crippen LogP contribution is 2.29. The molecular weight excluding hydrogens is 214 g/mol. The Hall–Kier alpha value is -0.870. The predicted molar refractivity (Wildman–Crippen MR) is 61.5 cm³/mol. The second-order valence-electron chi connectivity index (χ2n) is 3.70. The van der Waals surface area contributed by atoms with Gasteiger partial charge in [0.1, 0.15) is 17.3 Å². The fourth-order valence-electron chi connectivity index (χ4n) is 1.42. The van der Waals surface area contributed by atoms with Gasteiger partial charge in [-0.1, -0.05) is 25.4 Å². The van der Waals surface area contributed by atoms with E-state index in [9.17, 15) is 0 Å². The van der Waals surface area contributed by atoms with Crippen molar-refractivity contribution >= 4 is 17.4 Å². The van der Waals surface area contributed by atoms with Gasteiger partial charge in [-0.05, 0) is 5.92 Å². The van der Waals surface area contributed by atoms with Crippen LogP contribution in [0.3, 0.4) is 0 Å². The van der Waals surface area contributed by atoms with E-state index in [1.165, 1.54) is 6.33 Å². The van der Waals surface area contributed by atoms with Gasteiger partial charge < -0.3 is 10.0 Å². The van der Waals surface area contributed by atoms with Crippen LogP contribution in [-0.4, -0.2) is 35.3 Å². The van der Waals surface area contributed by atoms with E-state index >= 15 is 0 Å². The normalized spacial score (nSPS) is 10.8. The Bertz CT molecular complexity index is 330. The zero-order valence-electron chi connectivity index (χ0n) is 9.24. The van der Waals surface area contributed by atoms with Gasteiger partial charge >= 0.3 is 0 Å². The number of likely N-dealkylation sites (N-methyl/N-ethyl adjacent to an activating group) is 1. The molecule has 0 fully saturated rings. The molecule has 0 aromatic carbocycles. The van der Waals surface area contributed by atoms with Crippen molar-refractivity contribution in [3.63, 3.8) is 0 Å². The monoisotopic (exact) mass is 229 g/mol. The highest BCUT2D eigenvalue weighted by molar-refractivity contribution is 6.30. The molecular formula is C10H16ClN3O. The van der Waals surface area contributed by atoms with E-state index in [0.717, 1.165) is 11.4 Å². The van der Waals surface area contributed by atoms with Crippen LogP contribution in [0.1, 0.15) is 25.3 Å². The van der Waals surface area contributed by atoms with Crippen LogP contribution in [0, 0.1) is 0 Å². The van der Waals surface area contributed by atoms with Crippen molar-refractivity contribution in [1.82, 2.24) is 9.97 Å². The smallest absolute Gasteiger partial charge is 0.138 e. The molecule has 1 N–H and O–H groups in total. The summed E-state index contributed by atoms with van der Waals surface area (Å²) in [4.78, 5) is 10.0. The third-order valence-corrected chi connectivity index (χ3v) is 2.49. The van der Waals surface area contributed by atoms with E-state index in [-0.39, 0.29) is 12.5 Å². The largest absolute Gasteiger partial charge is 0.395 e. The minimum absolute atomic E-state index is 0.0929. The van der Waals surface area contributed by atoms with E-state index < -0.39 is 0 Å². The van der Waals surface area contributed by atoms with Crippen molar-refractivity contribution in [1.29, 1.82) is 0 Å². The number of hydrogen-bond acceptors (Lipinski definition) is 4. The maximum absolute atomic E-state index is 8.88. The molecule has 0 bridgehead atoms. The maximum Gasteiger partial charge on any atom is 0.138 e. The lowest BCUT2D eigenvalue weighted by Crippen LogP contribution is -2.24. The summed E-state index contributed by atoms with van der Waals surface area (Å²) in [5.41, 5.74) is 0.926. The van der Waals surface area contributed by atoms with Crippen LogP contribution in [0.2, 0.25) is 5.15 Å². The number of rotatable bonds is 4. The lowest BCUT2D eigenvalue weighted by molar-refractivity contribution is 0.303. The Balaban J connectivity index is 3.10. The minimum atomic E-state index is 0.0929. The van der Waals surface area contributed by atoms with Crippen LogP contribution < -0.4 is 4.90 Å². The Morgan fingerprint density at radius 2 is 2.13 bits per heavy atom. The molecule has 1 heterocycles. The van der Waals surface area contributed by atoms with Gasteiger partial charge in [-0.25, -0.2) is 9.97 Å². The molecule has 0 aliphatic carbocycles. The van der Waals surface area contributed by atoms with E-state index in [1.807, 2.05) is 25.8 Å². The van der Waals surface area contributed by atoms with E-state index in [0.29, 0.717) is 11.7 Å². The summed E-state index contributed by atoms with van der Waals surface area (Å²) in [5, 5.41) is 9.36. The van der Waals surface area contributed by atoms with Crippen LogP contribution >= 0.6 is 11.6 Å². The molecule has 84 valence electrons. The molecule has 0 saturated heterocycles. The summed E-state index contributed by atoms with van der Waals surface area (Å²) in [5.74, 6) is 1.05. The van der Waals surface area contributed by atoms with Crippen molar-refractivity contribution in [2.24, 2.45) is 0 Å². The summed E-state index contributed by atoms with van der Waals surface area (Å²) in [6.07, 6.45) is 1.44. The molecule has 0 radical (unpaired) electrons. The Morgan fingerprint density at radius 3 is 2.67 bits per heavy atom. The van der Waals surface area contributed by atoms with Crippen molar-refractivity contribution in [2.45, 2.75) is 19.8 Å². The molecule has 0 unspecified atom stereocenters. The number of aliphatic hydroxyl groups is 1. The van der Waals surface area contributed by atoms with Gasteiger partial charge in [0, 0.05) is 19.2 Å². The maximum atomic E-state index is 8.88. The summed E-state index contributed by atoms with van der Waals surface area (Å²) < 4.78 is 0. The zero-order valence-corrected chi connectivity index (χ0v) is 9.99. The first kappa shape index (κ1) is 12.2. The van der Waals surface area contributed by atoms with Crippen LogP contribution in [0.4, 0.5) is 5.82 Å². The number of aromatic nitrogens is 2. The van der Waals surface area contributed by atoms with Crippen LogP contribution in [-0.2, 0) is 0 Å². The first-order chi connectivity index (χ1) is 7.07. The number of halogens is 1. The van der Waals surface area contributed by atoms with Crippen molar-refractivity contribution in [3.8, 4) is 0 Å². The zero-order chi connectivity index (χ0) is 11.4. The number of aliphatic hydroxyl groups excluding tert-OH is 1. The fraction of sp³-hybridized carbons (Fsp3) is 0.600. The topological polar surface area (TPSA) is 49.2 Å². The van der Waals surface area contributed by atoms with Gasteiger partial charge in [-0.2, -0.15) is 0 Å². The molecule has 0 saturated carbocycles. The van der Waals surface area contributed by atoms with E-state index in [1.54, 1.807) is 0 Å². The number of anilines is 1. The average Bonchev–Trinajstić information content (AvgIpc) is 2.17. The summed E-state index contributed by atoms with van der Waals surface area (Å²) in [7, 11) is 1.88. The van der Waals surface area contributed by atoms with Crippen LogP contribution in [0.25, 0.3) is 0 Å². The Morgan fingerprint density at radius 1 is 1.47 bits per heavy atom. The van der Waals surface area contributed by atoms with E-state index in [2.05, 4.69) is 9.97 Å². The minimum Gasteiger partial charge on any atom is -0.395 e. The average molecular weight is 230 g/mol. The lowest BCUT2D eigenvalue weighted by atomic mass is 10.1. The first-order valence-electron chi connectivity index (χ1n) is 4.90. The van der Waals surface area contributed by atoms with E-state index in [4.69, 9.17) is 16.7 Å². The quantitative estimate of drug-likeness (QED) is 0.799. The van der Waals surface area contributed by atoms with Gasteiger partial charge in [0.15, 0.2) is 0 Å². The van der Waals surface area contributed by atoms with Crippen molar-refractivity contribution < 1.29 is 5.11 Å². The SMILES string of the molecule is CC(C)c1c(Cl)ncnc1N(C)CCO. The van der Waals surface area contributed by atoms with Crippen LogP contribution in [0.15, 0.2) is 6.33 Å². The molecule has 0 aliphatic rings. The first-order valence-corrected chi connectivity index (χ1v) is 5.28. The highest BCUT2D eigenvalue weighted by Gasteiger charge is 2.16.